The SMILES string of the molecule is Cc1ccc(COc2cccc3c2NCCC3)cc1C. The summed E-state index contributed by atoms with van der Waals surface area (Å²) in [7, 11) is 0. The van der Waals surface area contributed by atoms with Crippen LogP contribution in [0.2, 0.25) is 0 Å². The molecule has 0 saturated carbocycles. The summed E-state index contributed by atoms with van der Waals surface area (Å²) in [6, 6.07) is 12.8. The van der Waals surface area contributed by atoms with Crippen LogP contribution in [-0.2, 0) is 13.0 Å². The lowest BCUT2D eigenvalue weighted by Gasteiger charge is -2.21. The average Bonchev–Trinajstić information content (AvgIpc) is 2.48. The van der Waals surface area contributed by atoms with Crippen molar-refractivity contribution in [2.45, 2.75) is 33.3 Å². The van der Waals surface area contributed by atoms with Crippen molar-refractivity contribution in [3.63, 3.8) is 0 Å². The van der Waals surface area contributed by atoms with Gasteiger partial charge in [-0.3, -0.25) is 0 Å². The maximum atomic E-state index is 6.02. The quantitative estimate of drug-likeness (QED) is 0.898. The van der Waals surface area contributed by atoms with Gasteiger partial charge in [-0.15, -0.1) is 0 Å². The Morgan fingerprint density at radius 3 is 2.85 bits per heavy atom. The maximum Gasteiger partial charge on any atom is 0.143 e. The summed E-state index contributed by atoms with van der Waals surface area (Å²) in [6.07, 6.45) is 2.34. The third kappa shape index (κ3) is 2.64. The van der Waals surface area contributed by atoms with E-state index in [1.54, 1.807) is 0 Å². The molecule has 0 fully saturated rings. The van der Waals surface area contributed by atoms with E-state index in [9.17, 15) is 0 Å². The highest BCUT2D eigenvalue weighted by Crippen LogP contribution is 2.32. The lowest BCUT2D eigenvalue weighted by molar-refractivity contribution is 0.307. The average molecular weight is 267 g/mol. The molecule has 0 saturated heterocycles. The number of ether oxygens (including phenoxy) is 1. The van der Waals surface area contributed by atoms with Gasteiger partial charge in [0.15, 0.2) is 0 Å². The van der Waals surface area contributed by atoms with E-state index in [0.717, 1.165) is 18.7 Å². The van der Waals surface area contributed by atoms with E-state index in [2.05, 4.69) is 55.6 Å². The maximum absolute atomic E-state index is 6.02. The number of nitrogens with one attached hydrogen (secondary N) is 1. The smallest absolute Gasteiger partial charge is 0.143 e. The number of anilines is 1. The Kier molecular flexibility index (Phi) is 3.64. The zero-order valence-electron chi connectivity index (χ0n) is 12.2. The van der Waals surface area contributed by atoms with Crippen LogP contribution in [0.25, 0.3) is 0 Å². The molecule has 20 heavy (non-hydrogen) atoms. The lowest BCUT2D eigenvalue weighted by atomic mass is 10.0. The van der Waals surface area contributed by atoms with Gasteiger partial charge in [-0.05, 0) is 55.0 Å². The molecule has 0 bridgehead atoms. The second kappa shape index (κ2) is 5.58. The molecule has 3 rings (SSSR count). The minimum absolute atomic E-state index is 0.624. The van der Waals surface area contributed by atoms with Crippen LogP contribution >= 0.6 is 0 Å². The van der Waals surface area contributed by atoms with Crippen LogP contribution in [0.3, 0.4) is 0 Å². The van der Waals surface area contributed by atoms with E-state index >= 15 is 0 Å². The van der Waals surface area contributed by atoms with Crippen LogP contribution < -0.4 is 10.1 Å². The number of rotatable bonds is 3. The highest BCUT2D eigenvalue weighted by atomic mass is 16.5. The van der Waals surface area contributed by atoms with E-state index in [4.69, 9.17) is 4.74 Å². The van der Waals surface area contributed by atoms with Crippen LogP contribution in [0.1, 0.15) is 28.7 Å². The van der Waals surface area contributed by atoms with E-state index in [0.29, 0.717) is 6.61 Å². The lowest BCUT2D eigenvalue weighted by Crippen LogP contribution is -2.13. The van der Waals surface area contributed by atoms with Crippen molar-refractivity contribution >= 4 is 5.69 Å². The summed E-state index contributed by atoms with van der Waals surface area (Å²) in [6.45, 7) is 5.94. The fraction of sp³-hybridized carbons (Fsp3) is 0.333. The molecular weight excluding hydrogens is 246 g/mol. The number of para-hydroxylation sites is 1. The molecule has 1 aliphatic heterocycles. The minimum Gasteiger partial charge on any atom is -0.487 e. The second-order valence-corrected chi connectivity index (χ2v) is 5.53. The van der Waals surface area contributed by atoms with Crippen molar-refractivity contribution in [3.8, 4) is 5.75 Å². The molecule has 0 unspecified atom stereocenters. The molecule has 0 amide bonds. The molecule has 0 atom stereocenters. The number of benzene rings is 2. The summed E-state index contributed by atoms with van der Waals surface area (Å²) in [5, 5.41) is 3.46. The van der Waals surface area contributed by atoms with E-state index in [1.807, 2.05) is 0 Å². The van der Waals surface area contributed by atoms with Crippen molar-refractivity contribution in [1.82, 2.24) is 0 Å². The Morgan fingerprint density at radius 2 is 2.00 bits per heavy atom. The molecule has 0 aliphatic carbocycles. The van der Waals surface area contributed by atoms with Gasteiger partial charge < -0.3 is 10.1 Å². The van der Waals surface area contributed by atoms with Gasteiger partial charge >= 0.3 is 0 Å². The number of hydrogen-bond donors (Lipinski definition) is 1. The predicted molar refractivity (Wildman–Crippen MR) is 83.5 cm³/mol. The van der Waals surface area contributed by atoms with Crippen LogP contribution in [0, 0.1) is 13.8 Å². The fourth-order valence-electron chi connectivity index (χ4n) is 2.65. The Labute approximate surface area is 120 Å². The van der Waals surface area contributed by atoms with Gasteiger partial charge in [-0.1, -0.05) is 30.3 Å². The zero-order valence-corrected chi connectivity index (χ0v) is 12.2. The van der Waals surface area contributed by atoms with Crippen molar-refractivity contribution in [2.24, 2.45) is 0 Å². The highest BCUT2D eigenvalue weighted by Gasteiger charge is 2.13. The summed E-state index contributed by atoms with van der Waals surface area (Å²) in [4.78, 5) is 0. The monoisotopic (exact) mass is 267 g/mol. The van der Waals surface area contributed by atoms with Gasteiger partial charge in [0.2, 0.25) is 0 Å². The van der Waals surface area contributed by atoms with E-state index in [1.165, 1.54) is 34.4 Å². The van der Waals surface area contributed by atoms with E-state index < -0.39 is 0 Å². The standard InChI is InChI=1S/C18H21NO/c1-13-8-9-15(11-14(13)2)12-20-17-7-3-5-16-6-4-10-19-18(16)17/h3,5,7-9,11,19H,4,6,10,12H2,1-2H3. The summed E-state index contributed by atoms with van der Waals surface area (Å²) in [5.41, 5.74) is 6.42. The first-order chi connectivity index (χ1) is 9.74. The second-order valence-electron chi connectivity index (χ2n) is 5.53. The fourth-order valence-corrected chi connectivity index (χ4v) is 2.65. The number of aryl methyl sites for hydroxylation is 3. The molecule has 1 heterocycles. The molecule has 2 nitrogen and oxygen atoms in total. The molecule has 0 radical (unpaired) electrons. The predicted octanol–water partition coefficient (Wildman–Crippen LogP) is 4.24. The van der Waals surface area contributed by atoms with Crippen molar-refractivity contribution in [3.05, 3.63) is 58.7 Å². The molecule has 0 aromatic heterocycles. The first-order valence-electron chi connectivity index (χ1n) is 7.29. The Balaban J connectivity index is 1.76. The zero-order chi connectivity index (χ0) is 13.9. The van der Waals surface area contributed by atoms with Gasteiger partial charge in [-0.25, -0.2) is 0 Å². The number of hydrogen-bond acceptors (Lipinski definition) is 2. The first kappa shape index (κ1) is 13.0. The third-order valence-corrected chi connectivity index (χ3v) is 4.00. The van der Waals surface area contributed by atoms with Gasteiger partial charge in [0.05, 0.1) is 5.69 Å². The Morgan fingerprint density at radius 1 is 1.10 bits per heavy atom. The minimum atomic E-state index is 0.624. The number of fused-ring (bicyclic) bond motifs is 1. The summed E-state index contributed by atoms with van der Waals surface area (Å²) >= 11 is 0. The van der Waals surface area contributed by atoms with Crippen LogP contribution in [0.5, 0.6) is 5.75 Å². The molecule has 104 valence electrons. The Bertz CT molecular complexity index is 619. The summed E-state index contributed by atoms with van der Waals surface area (Å²) < 4.78 is 6.02. The van der Waals surface area contributed by atoms with Crippen molar-refractivity contribution < 1.29 is 4.74 Å². The van der Waals surface area contributed by atoms with Gasteiger partial charge in [0, 0.05) is 6.54 Å². The topological polar surface area (TPSA) is 21.3 Å². The molecule has 0 spiro atoms. The largest absolute Gasteiger partial charge is 0.487 e. The molecule has 2 aromatic carbocycles. The molecule has 1 N–H and O–H groups in total. The highest BCUT2D eigenvalue weighted by molar-refractivity contribution is 5.63. The first-order valence-corrected chi connectivity index (χ1v) is 7.29. The van der Waals surface area contributed by atoms with Gasteiger partial charge in [0.1, 0.15) is 12.4 Å². The van der Waals surface area contributed by atoms with Crippen molar-refractivity contribution in [1.29, 1.82) is 0 Å². The normalized spacial score (nSPS) is 13.5. The van der Waals surface area contributed by atoms with E-state index in [-0.39, 0.29) is 0 Å². The van der Waals surface area contributed by atoms with Crippen LogP contribution in [0.15, 0.2) is 36.4 Å². The van der Waals surface area contributed by atoms with Gasteiger partial charge in [0.25, 0.3) is 0 Å². The van der Waals surface area contributed by atoms with Crippen molar-refractivity contribution in [2.75, 3.05) is 11.9 Å². The Hall–Kier alpha value is -1.96. The molecule has 2 aromatic rings. The molecule has 2 heteroatoms. The van der Waals surface area contributed by atoms with Gasteiger partial charge in [-0.2, -0.15) is 0 Å². The summed E-state index contributed by atoms with van der Waals surface area (Å²) in [5.74, 6) is 0.973. The van der Waals surface area contributed by atoms with Crippen LogP contribution in [0.4, 0.5) is 5.69 Å². The third-order valence-electron chi connectivity index (χ3n) is 4.00. The molecular formula is C18H21NO. The molecule has 1 aliphatic rings. The van der Waals surface area contributed by atoms with Crippen LogP contribution in [-0.4, -0.2) is 6.54 Å².